The van der Waals surface area contributed by atoms with E-state index in [9.17, 15) is 5.11 Å². The molecule has 3 rings (SSSR count). The zero-order valence-electron chi connectivity index (χ0n) is 12.4. The summed E-state index contributed by atoms with van der Waals surface area (Å²) in [6.45, 7) is 5.59. The van der Waals surface area contributed by atoms with E-state index in [1.54, 1.807) is 0 Å². The molecule has 1 aliphatic heterocycles. The molecule has 1 unspecified atom stereocenters. The van der Waals surface area contributed by atoms with Crippen molar-refractivity contribution in [3.63, 3.8) is 0 Å². The number of benzene rings is 1. The summed E-state index contributed by atoms with van der Waals surface area (Å²) in [6.07, 6.45) is 2.52. The molecule has 0 saturated heterocycles. The fraction of sp³-hybridized carbons (Fsp3) is 0.647. The molecule has 0 radical (unpaired) electrons. The summed E-state index contributed by atoms with van der Waals surface area (Å²) >= 11 is 0. The van der Waals surface area contributed by atoms with E-state index in [1.165, 1.54) is 0 Å². The number of fused-ring (bicyclic) bond motifs is 1. The van der Waals surface area contributed by atoms with Crippen molar-refractivity contribution >= 4 is 0 Å². The fourth-order valence-electron chi connectivity index (χ4n) is 4.01. The molecule has 1 heterocycles. The lowest BCUT2D eigenvalue weighted by Gasteiger charge is -2.58. The molecule has 0 amide bonds. The van der Waals surface area contributed by atoms with Gasteiger partial charge in [-0.15, -0.1) is 0 Å². The molecule has 2 aliphatic rings. The van der Waals surface area contributed by atoms with Crippen molar-refractivity contribution in [3.05, 3.63) is 29.8 Å². The lowest BCUT2D eigenvalue weighted by Crippen LogP contribution is -2.64. The van der Waals surface area contributed by atoms with Crippen molar-refractivity contribution in [1.29, 1.82) is 0 Å². The third-order valence-corrected chi connectivity index (χ3v) is 5.57. The van der Waals surface area contributed by atoms with Crippen LogP contribution in [0.25, 0.3) is 0 Å². The third-order valence-electron chi connectivity index (χ3n) is 5.57. The van der Waals surface area contributed by atoms with Crippen LogP contribution in [-0.4, -0.2) is 23.9 Å². The Labute approximate surface area is 121 Å². The normalized spacial score (nSPS) is 36.1. The lowest BCUT2D eigenvalue weighted by atomic mass is 9.51. The van der Waals surface area contributed by atoms with E-state index >= 15 is 0 Å². The highest BCUT2D eigenvalue weighted by Gasteiger charge is 2.59. The van der Waals surface area contributed by atoms with Crippen LogP contribution >= 0.6 is 0 Å². The van der Waals surface area contributed by atoms with Gasteiger partial charge >= 0.3 is 0 Å². The molecule has 3 nitrogen and oxygen atoms in total. The summed E-state index contributed by atoms with van der Waals surface area (Å²) in [5.74, 6) is 2.13. The van der Waals surface area contributed by atoms with Crippen LogP contribution in [0.2, 0.25) is 0 Å². The number of hydrogen-bond donors (Lipinski definition) is 2. The Morgan fingerprint density at radius 3 is 2.70 bits per heavy atom. The van der Waals surface area contributed by atoms with Gasteiger partial charge in [-0.05, 0) is 37.2 Å². The molecular formula is C17H25NO2. The highest BCUT2D eigenvalue weighted by atomic mass is 16.5. The Bertz CT molecular complexity index is 494. The van der Waals surface area contributed by atoms with E-state index in [0.29, 0.717) is 25.0 Å². The first kappa shape index (κ1) is 13.9. The van der Waals surface area contributed by atoms with Crippen LogP contribution in [0, 0.1) is 11.8 Å². The zero-order valence-corrected chi connectivity index (χ0v) is 12.4. The van der Waals surface area contributed by atoms with E-state index in [2.05, 4.69) is 19.9 Å². The van der Waals surface area contributed by atoms with Gasteiger partial charge in [-0.1, -0.05) is 32.0 Å². The van der Waals surface area contributed by atoms with Gasteiger partial charge in [0.15, 0.2) is 0 Å². The average molecular weight is 275 g/mol. The van der Waals surface area contributed by atoms with Gasteiger partial charge in [-0.2, -0.15) is 0 Å². The molecule has 1 fully saturated rings. The van der Waals surface area contributed by atoms with E-state index in [1.807, 2.05) is 18.2 Å². The number of ether oxygens (including phenoxy) is 1. The van der Waals surface area contributed by atoms with Crippen LogP contribution in [0.15, 0.2) is 24.3 Å². The summed E-state index contributed by atoms with van der Waals surface area (Å²) in [4.78, 5) is 0. The van der Waals surface area contributed by atoms with Crippen molar-refractivity contribution in [3.8, 4) is 5.75 Å². The van der Waals surface area contributed by atoms with E-state index in [0.717, 1.165) is 30.6 Å². The molecule has 1 aliphatic carbocycles. The Morgan fingerprint density at radius 1 is 1.35 bits per heavy atom. The number of hydrogen-bond acceptors (Lipinski definition) is 3. The van der Waals surface area contributed by atoms with Gasteiger partial charge in [-0.3, -0.25) is 0 Å². The smallest absolute Gasteiger partial charge is 0.123 e. The molecule has 0 aromatic heterocycles. The number of para-hydroxylation sites is 1. The summed E-state index contributed by atoms with van der Waals surface area (Å²) < 4.78 is 5.75. The van der Waals surface area contributed by atoms with Crippen molar-refractivity contribution in [2.45, 2.75) is 44.1 Å². The Morgan fingerprint density at radius 2 is 2.05 bits per heavy atom. The van der Waals surface area contributed by atoms with Gasteiger partial charge in [0.2, 0.25) is 0 Å². The second-order valence-electron chi connectivity index (χ2n) is 6.82. The molecule has 20 heavy (non-hydrogen) atoms. The van der Waals surface area contributed by atoms with Gasteiger partial charge in [-0.25, -0.2) is 0 Å². The van der Waals surface area contributed by atoms with Crippen molar-refractivity contribution in [2.24, 2.45) is 17.6 Å². The maximum absolute atomic E-state index is 11.2. The van der Waals surface area contributed by atoms with Crippen LogP contribution in [0.5, 0.6) is 5.75 Å². The van der Waals surface area contributed by atoms with Crippen LogP contribution in [0.3, 0.4) is 0 Å². The molecule has 1 aromatic rings. The molecule has 3 N–H and O–H groups in total. The second-order valence-corrected chi connectivity index (χ2v) is 6.82. The third kappa shape index (κ3) is 1.80. The maximum Gasteiger partial charge on any atom is 0.123 e. The minimum atomic E-state index is -0.670. The van der Waals surface area contributed by atoms with Crippen LogP contribution in [-0.2, 0) is 5.41 Å². The molecule has 1 saturated carbocycles. The largest absolute Gasteiger partial charge is 0.493 e. The number of aliphatic hydroxyl groups is 1. The molecule has 0 bridgehead atoms. The molecule has 0 spiro atoms. The summed E-state index contributed by atoms with van der Waals surface area (Å²) in [6, 6.07) is 8.05. The predicted octanol–water partition coefficient (Wildman–Crippen LogP) is 2.46. The summed E-state index contributed by atoms with van der Waals surface area (Å²) in [5, 5.41) is 11.2. The summed E-state index contributed by atoms with van der Waals surface area (Å²) in [7, 11) is 0. The van der Waals surface area contributed by atoms with Gasteiger partial charge in [0.25, 0.3) is 0 Å². The minimum Gasteiger partial charge on any atom is -0.493 e. The van der Waals surface area contributed by atoms with Crippen molar-refractivity contribution in [1.82, 2.24) is 0 Å². The summed E-state index contributed by atoms with van der Waals surface area (Å²) in [5.41, 5.74) is 6.24. The second kappa shape index (κ2) is 4.74. The molecule has 110 valence electrons. The monoisotopic (exact) mass is 275 g/mol. The van der Waals surface area contributed by atoms with Gasteiger partial charge in [0.1, 0.15) is 5.75 Å². The quantitative estimate of drug-likeness (QED) is 0.891. The van der Waals surface area contributed by atoms with E-state index < -0.39 is 5.60 Å². The number of rotatable bonds is 3. The van der Waals surface area contributed by atoms with Gasteiger partial charge < -0.3 is 15.6 Å². The average Bonchev–Trinajstić information content (AvgIpc) is 2.42. The van der Waals surface area contributed by atoms with Gasteiger partial charge in [0.05, 0.1) is 12.2 Å². The fourth-order valence-corrected chi connectivity index (χ4v) is 4.01. The molecular weight excluding hydrogens is 250 g/mol. The lowest BCUT2D eigenvalue weighted by molar-refractivity contribution is -0.149. The highest BCUT2D eigenvalue weighted by Crippen LogP contribution is 2.56. The van der Waals surface area contributed by atoms with Crippen LogP contribution < -0.4 is 10.5 Å². The molecule has 3 heteroatoms. The minimum absolute atomic E-state index is 0.340. The van der Waals surface area contributed by atoms with Gasteiger partial charge in [0, 0.05) is 17.5 Å². The standard InChI is InChI=1S/C17H25NO2/c1-12(2)13-9-17(19,10-13)16(11-18)7-8-20-15-6-4-3-5-14(15)16/h3-6,12-13,19H,7-11,18H2,1-2H3. The SMILES string of the molecule is CC(C)C1CC(O)(C2(CN)CCOc3ccccc32)C1. The topological polar surface area (TPSA) is 55.5 Å². The van der Waals surface area contributed by atoms with Crippen LogP contribution in [0.4, 0.5) is 0 Å². The van der Waals surface area contributed by atoms with Crippen molar-refractivity contribution in [2.75, 3.05) is 13.2 Å². The van der Waals surface area contributed by atoms with E-state index in [-0.39, 0.29) is 5.41 Å². The Balaban J connectivity index is 1.98. The maximum atomic E-state index is 11.2. The first-order chi connectivity index (χ1) is 9.52. The Kier molecular flexibility index (Phi) is 3.30. The molecule has 1 aromatic carbocycles. The van der Waals surface area contributed by atoms with Crippen molar-refractivity contribution < 1.29 is 9.84 Å². The van der Waals surface area contributed by atoms with E-state index in [4.69, 9.17) is 10.5 Å². The first-order valence-corrected chi connectivity index (χ1v) is 7.67. The first-order valence-electron chi connectivity index (χ1n) is 7.67. The number of nitrogens with two attached hydrogens (primary N) is 1. The van der Waals surface area contributed by atoms with Crippen LogP contribution in [0.1, 0.15) is 38.7 Å². The zero-order chi connectivity index (χ0) is 14.4. The predicted molar refractivity (Wildman–Crippen MR) is 79.8 cm³/mol. The Hall–Kier alpha value is -1.06. The molecule has 1 atom stereocenters. The highest BCUT2D eigenvalue weighted by molar-refractivity contribution is 5.45.